The van der Waals surface area contributed by atoms with Crippen LogP contribution in [0, 0.1) is 17.8 Å². The summed E-state index contributed by atoms with van der Waals surface area (Å²) >= 11 is 0. The van der Waals surface area contributed by atoms with Gasteiger partial charge >= 0.3 is 5.97 Å². The van der Waals surface area contributed by atoms with Crippen LogP contribution in [0.1, 0.15) is 42.9 Å². The number of likely N-dealkylation sites (tertiary alicyclic amines) is 1. The first-order valence-corrected chi connectivity index (χ1v) is 12.6. The highest BCUT2D eigenvalue weighted by atomic mass is 16.5. The fraction of sp³-hybridized carbons (Fsp3) is 0.448. The standard InChI is InChI=1S/C29H30N2O5/c1-17(32)35-24-16-23(33)27-26-19(24)15-22-20-10-11-21(28(36-27)29(20,26)13-14-30(22)2)31(3)25(34)12-9-18-7-5-4-6-8-18/h4-8,16,20-22,28,33H,10-11,13-15H2,1-3H3/t20-,21+,22+,28-,29-/m0/s1. The van der Waals surface area contributed by atoms with E-state index in [1.165, 1.54) is 13.0 Å². The molecular formula is C29H30N2O5. The predicted octanol–water partition coefficient (Wildman–Crippen LogP) is 2.87. The Morgan fingerprint density at radius 2 is 2.03 bits per heavy atom. The highest BCUT2D eigenvalue weighted by Crippen LogP contribution is 2.65. The van der Waals surface area contributed by atoms with Gasteiger partial charge in [-0.1, -0.05) is 24.1 Å². The van der Waals surface area contributed by atoms with Gasteiger partial charge in [0.25, 0.3) is 5.91 Å². The molecule has 2 aromatic carbocycles. The lowest BCUT2D eigenvalue weighted by Crippen LogP contribution is -2.68. The monoisotopic (exact) mass is 486 g/mol. The Morgan fingerprint density at radius 1 is 1.25 bits per heavy atom. The molecule has 186 valence electrons. The summed E-state index contributed by atoms with van der Waals surface area (Å²) in [6, 6.07) is 11.1. The number of esters is 1. The molecule has 5 atom stereocenters. The molecule has 2 aliphatic carbocycles. The molecular weight excluding hydrogens is 456 g/mol. The van der Waals surface area contributed by atoms with Crippen LogP contribution in [0.25, 0.3) is 0 Å². The Hall–Kier alpha value is -3.50. The summed E-state index contributed by atoms with van der Waals surface area (Å²) in [5.41, 5.74) is 2.38. The van der Waals surface area contributed by atoms with Crippen LogP contribution >= 0.6 is 0 Å². The summed E-state index contributed by atoms with van der Waals surface area (Å²) in [5, 5.41) is 11.0. The van der Waals surface area contributed by atoms with Crippen molar-refractivity contribution in [1.29, 1.82) is 0 Å². The minimum absolute atomic E-state index is 0.0125. The maximum absolute atomic E-state index is 13.2. The lowest BCUT2D eigenvalue weighted by atomic mass is 9.51. The molecule has 2 aliphatic heterocycles. The average Bonchev–Trinajstić information content (AvgIpc) is 3.21. The number of phenolic OH excluding ortho intramolecular Hbond substituents is 1. The van der Waals surface area contributed by atoms with Crippen molar-refractivity contribution < 1.29 is 24.2 Å². The van der Waals surface area contributed by atoms with Crippen LogP contribution in [0.4, 0.5) is 0 Å². The van der Waals surface area contributed by atoms with Crippen molar-refractivity contribution in [3.05, 3.63) is 53.1 Å². The van der Waals surface area contributed by atoms with E-state index in [0.717, 1.165) is 48.9 Å². The summed E-state index contributed by atoms with van der Waals surface area (Å²) in [6.07, 6.45) is 3.05. The molecule has 6 rings (SSSR count). The Bertz CT molecular complexity index is 1310. The number of ether oxygens (including phenoxy) is 2. The fourth-order valence-electron chi connectivity index (χ4n) is 7.29. The van der Waals surface area contributed by atoms with Gasteiger partial charge in [-0.25, -0.2) is 0 Å². The number of piperidine rings is 1. The van der Waals surface area contributed by atoms with Gasteiger partial charge in [-0.05, 0) is 57.3 Å². The minimum atomic E-state index is -0.414. The van der Waals surface area contributed by atoms with E-state index in [9.17, 15) is 14.7 Å². The van der Waals surface area contributed by atoms with Crippen molar-refractivity contribution in [2.24, 2.45) is 5.92 Å². The number of phenols is 1. The molecule has 1 amide bonds. The number of carbonyl (C=O) groups is 2. The highest BCUT2D eigenvalue weighted by molar-refractivity contribution is 5.94. The first-order chi connectivity index (χ1) is 17.3. The Kier molecular flexibility index (Phi) is 5.27. The number of aromatic hydroxyl groups is 1. The van der Waals surface area contributed by atoms with E-state index >= 15 is 0 Å². The molecule has 2 bridgehead atoms. The zero-order valence-electron chi connectivity index (χ0n) is 20.8. The number of amides is 1. The zero-order valence-corrected chi connectivity index (χ0v) is 20.8. The van der Waals surface area contributed by atoms with E-state index in [2.05, 4.69) is 23.8 Å². The lowest BCUT2D eigenvalue weighted by molar-refractivity contribution is -0.134. The second kappa shape index (κ2) is 8.28. The molecule has 4 aliphatic rings. The summed E-state index contributed by atoms with van der Waals surface area (Å²) in [5.74, 6) is 6.34. The van der Waals surface area contributed by atoms with Crippen molar-refractivity contribution in [3.8, 4) is 29.1 Å². The molecule has 7 heteroatoms. The van der Waals surface area contributed by atoms with Gasteiger partial charge in [0, 0.05) is 54.1 Å². The number of likely N-dealkylation sites (N-methyl/N-ethyl adjacent to an activating group) is 2. The quantitative estimate of drug-likeness (QED) is 0.400. The Balaban J connectivity index is 1.41. The third kappa shape index (κ3) is 3.24. The van der Waals surface area contributed by atoms with Gasteiger partial charge in [0.1, 0.15) is 11.9 Å². The van der Waals surface area contributed by atoms with E-state index in [-0.39, 0.29) is 35.3 Å². The van der Waals surface area contributed by atoms with Crippen molar-refractivity contribution in [3.63, 3.8) is 0 Å². The van der Waals surface area contributed by atoms with Crippen molar-refractivity contribution in [2.45, 2.75) is 56.2 Å². The molecule has 36 heavy (non-hydrogen) atoms. The molecule has 2 fully saturated rings. The van der Waals surface area contributed by atoms with Gasteiger partial charge < -0.3 is 24.4 Å². The molecule has 2 aromatic rings. The second-order valence-corrected chi connectivity index (χ2v) is 10.5. The fourth-order valence-corrected chi connectivity index (χ4v) is 7.29. The Labute approximate surface area is 211 Å². The molecule has 7 nitrogen and oxygen atoms in total. The lowest BCUT2D eigenvalue weighted by Gasteiger charge is -2.59. The molecule has 0 unspecified atom stereocenters. The van der Waals surface area contributed by atoms with Crippen LogP contribution < -0.4 is 9.47 Å². The third-order valence-electron chi connectivity index (χ3n) is 8.81. The number of carbonyl (C=O) groups excluding carboxylic acids is 2. The van der Waals surface area contributed by atoms with Crippen LogP contribution in [0.5, 0.6) is 17.2 Å². The van der Waals surface area contributed by atoms with Crippen LogP contribution in [-0.4, -0.2) is 65.6 Å². The average molecular weight is 487 g/mol. The van der Waals surface area contributed by atoms with Crippen LogP contribution in [-0.2, 0) is 21.4 Å². The van der Waals surface area contributed by atoms with Gasteiger partial charge in [0.05, 0.1) is 6.04 Å². The molecule has 1 saturated carbocycles. The summed E-state index contributed by atoms with van der Waals surface area (Å²) in [7, 11) is 3.96. The largest absolute Gasteiger partial charge is 0.504 e. The number of rotatable bonds is 2. The van der Waals surface area contributed by atoms with Crippen LogP contribution in [0.3, 0.4) is 0 Å². The third-order valence-corrected chi connectivity index (χ3v) is 8.81. The summed E-state index contributed by atoms with van der Waals surface area (Å²) in [6.45, 7) is 2.28. The number of hydrogen-bond donors (Lipinski definition) is 1. The van der Waals surface area contributed by atoms with Gasteiger partial charge in [0.15, 0.2) is 11.5 Å². The maximum atomic E-state index is 13.2. The van der Waals surface area contributed by atoms with Crippen molar-refractivity contribution >= 4 is 11.9 Å². The van der Waals surface area contributed by atoms with Crippen LogP contribution in [0.15, 0.2) is 36.4 Å². The van der Waals surface area contributed by atoms with Gasteiger partial charge in [-0.3, -0.25) is 9.59 Å². The molecule has 0 aromatic heterocycles. The Morgan fingerprint density at radius 3 is 2.78 bits per heavy atom. The SMILES string of the molecule is CC(=O)Oc1cc(O)c2c3c1C[C@@H]1[C@@H]4CC[C@@H](N(C)C(=O)C#Cc5ccccc5)[C@H](O2)[C@]34CCN1C. The minimum Gasteiger partial charge on any atom is -0.504 e. The molecule has 1 spiro atoms. The van der Waals surface area contributed by atoms with Crippen LogP contribution in [0.2, 0.25) is 0 Å². The van der Waals surface area contributed by atoms with Crippen molar-refractivity contribution in [2.75, 3.05) is 20.6 Å². The van der Waals surface area contributed by atoms with E-state index < -0.39 is 5.97 Å². The van der Waals surface area contributed by atoms with Gasteiger partial charge in [0.2, 0.25) is 0 Å². The van der Waals surface area contributed by atoms with E-state index in [0.29, 0.717) is 17.4 Å². The topological polar surface area (TPSA) is 79.3 Å². The molecule has 1 saturated heterocycles. The molecule has 1 N–H and O–H groups in total. The van der Waals surface area contributed by atoms with E-state index in [1.807, 2.05) is 30.3 Å². The number of nitrogens with zero attached hydrogens (tertiary/aromatic N) is 2. The smallest absolute Gasteiger partial charge is 0.308 e. The number of hydrogen-bond acceptors (Lipinski definition) is 6. The van der Waals surface area contributed by atoms with Gasteiger partial charge in [-0.15, -0.1) is 0 Å². The first-order valence-electron chi connectivity index (χ1n) is 12.6. The van der Waals surface area contributed by atoms with Gasteiger partial charge in [-0.2, -0.15) is 0 Å². The predicted molar refractivity (Wildman–Crippen MR) is 133 cm³/mol. The zero-order chi connectivity index (χ0) is 25.2. The summed E-state index contributed by atoms with van der Waals surface area (Å²) in [4.78, 5) is 29.2. The number of benzene rings is 2. The molecule has 2 heterocycles. The first kappa shape index (κ1) is 22.9. The van der Waals surface area contributed by atoms with E-state index in [1.54, 1.807) is 11.9 Å². The van der Waals surface area contributed by atoms with E-state index in [4.69, 9.17) is 9.47 Å². The molecule has 0 radical (unpaired) electrons. The normalized spacial score (nSPS) is 29.3. The highest BCUT2D eigenvalue weighted by Gasteiger charge is 2.66. The summed E-state index contributed by atoms with van der Waals surface area (Å²) < 4.78 is 12.2. The maximum Gasteiger partial charge on any atom is 0.308 e. The second-order valence-electron chi connectivity index (χ2n) is 10.5. The van der Waals surface area contributed by atoms with Crippen molar-refractivity contribution in [1.82, 2.24) is 9.80 Å².